The molecule has 1 heterocycles. The second-order valence-electron chi connectivity index (χ2n) is 4.38. The molecule has 0 aliphatic rings. The summed E-state index contributed by atoms with van der Waals surface area (Å²) in [6.07, 6.45) is 0. The van der Waals surface area contributed by atoms with Gasteiger partial charge in [0.2, 0.25) is 0 Å². The highest BCUT2D eigenvalue weighted by molar-refractivity contribution is 7.09. The lowest BCUT2D eigenvalue weighted by atomic mass is 10.3. The van der Waals surface area contributed by atoms with E-state index in [2.05, 4.69) is 34.7 Å². The summed E-state index contributed by atoms with van der Waals surface area (Å²) >= 11 is 1.79. The average molecular weight is 278 g/mol. The van der Waals surface area contributed by atoms with Gasteiger partial charge < -0.3 is 5.32 Å². The topological polar surface area (TPSA) is 15.3 Å². The van der Waals surface area contributed by atoms with Gasteiger partial charge in [-0.15, -0.1) is 11.3 Å². The minimum Gasteiger partial charge on any atom is -0.384 e. The summed E-state index contributed by atoms with van der Waals surface area (Å²) in [5.74, 6) is -0.196. The third kappa shape index (κ3) is 4.65. The number of nitrogens with one attached hydrogen (secondary N) is 1. The first-order valence-electron chi connectivity index (χ1n) is 6.52. The van der Waals surface area contributed by atoms with Crippen LogP contribution in [0.25, 0.3) is 0 Å². The molecule has 2 aromatic rings. The van der Waals surface area contributed by atoms with Gasteiger partial charge in [-0.2, -0.15) is 0 Å². The molecule has 2 nitrogen and oxygen atoms in total. The van der Waals surface area contributed by atoms with Crippen molar-refractivity contribution in [3.05, 3.63) is 52.5 Å². The zero-order valence-electron chi connectivity index (χ0n) is 11.1. The monoisotopic (exact) mass is 278 g/mol. The van der Waals surface area contributed by atoms with E-state index in [1.54, 1.807) is 23.5 Å². The van der Waals surface area contributed by atoms with E-state index in [0.29, 0.717) is 0 Å². The van der Waals surface area contributed by atoms with E-state index in [-0.39, 0.29) is 5.82 Å². The fourth-order valence-electron chi connectivity index (χ4n) is 1.90. The van der Waals surface area contributed by atoms with Crippen LogP contribution in [0.2, 0.25) is 0 Å². The Balaban J connectivity index is 1.75. The molecule has 0 spiro atoms. The van der Waals surface area contributed by atoms with Gasteiger partial charge in [0.15, 0.2) is 0 Å². The average Bonchev–Trinajstić information content (AvgIpc) is 2.93. The molecule has 0 amide bonds. The predicted octanol–water partition coefficient (Wildman–Crippen LogP) is 3.82. The van der Waals surface area contributed by atoms with Crippen LogP contribution >= 0.6 is 11.3 Å². The van der Waals surface area contributed by atoms with Gasteiger partial charge in [0.1, 0.15) is 5.82 Å². The zero-order valence-corrected chi connectivity index (χ0v) is 11.9. The summed E-state index contributed by atoms with van der Waals surface area (Å²) < 4.78 is 12.8. The van der Waals surface area contributed by atoms with Crippen LogP contribution in [-0.2, 0) is 6.54 Å². The first-order chi connectivity index (χ1) is 9.28. The molecule has 102 valence electrons. The fraction of sp³-hybridized carbons (Fsp3) is 0.333. The Labute approximate surface area is 117 Å². The van der Waals surface area contributed by atoms with Crippen LogP contribution in [0.1, 0.15) is 11.8 Å². The SMILES string of the molecule is CCN(CCNc1ccc(F)cc1)Cc1cccs1. The number of likely N-dealkylation sites (N-methyl/N-ethyl adjacent to an activating group) is 1. The van der Waals surface area contributed by atoms with Crippen molar-refractivity contribution in [3.8, 4) is 0 Å². The molecule has 0 bridgehead atoms. The Morgan fingerprint density at radius 3 is 2.63 bits per heavy atom. The number of rotatable bonds is 7. The second kappa shape index (κ2) is 7.26. The predicted molar refractivity (Wildman–Crippen MR) is 80.2 cm³/mol. The molecule has 0 saturated carbocycles. The molecule has 1 aromatic carbocycles. The third-order valence-electron chi connectivity index (χ3n) is 3.01. The van der Waals surface area contributed by atoms with E-state index in [1.807, 2.05) is 0 Å². The molecule has 0 aliphatic carbocycles. The van der Waals surface area contributed by atoms with Crippen molar-refractivity contribution >= 4 is 17.0 Å². The van der Waals surface area contributed by atoms with Gasteiger partial charge in [-0.25, -0.2) is 4.39 Å². The largest absolute Gasteiger partial charge is 0.384 e. The molecule has 0 atom stereocenters. The van der Waals surface area contributed by atoms with E-state index in [4.69, 9.17) is 0 Å². The van der Waals surface area contributed by atoms with Crippen LogP contribution in [0.5, 0.6) is 0 Å². The van der Waals surface area contributed by atoms with E-state index in [0.717, 1.165) is 31.9 Å². The van der Waals surface area contributed by atoms with Crippen molar-refractivity contribution in [1.29, 1.82) is 0 Å². The lowest BCUT2D eigenvalue weighted by Gasteiger charge is -2.20. The van der Waals surface area contributed by atoms with E-state index in [1.165, 1.54) is 17.0 Å². The molecule has 1 N–H and O–H groups in total. The molecular formula is C15H19FN2S. The molecule has 4 heteroatoms. The summed E-state index contributed by atoms with van der Waals surface area (Å²) in [6, 6.07) is 10.7. The Morgan fingerprint density at radius 2 is 2.00 bits per heavy atom. The minimum absolute atomic E-state index is 0.196. The normalized spacial score (nSPS) is 10.9. The summed E-state index contributed by atoms with van der Waals surface area (Å²) in [5, 5.41) is 5.42. The van der Waals surface area contributed by atoms with Gasteiger partial charge in [-0.05, 0) is 42.3 Å². The molecule has 1 aromatic heterocycles. The zero-order chi connectivity index (χ0) is 13.5. The van der Waals surface area contributed by atoms with E-state index < -0.39 is 0 Å². The minimum atomic E-state index is -0.196. The van der Waals surface area contributed by atoms with Crippen molar-refractivity contribution < 1.29 is 4.39 Å². The molecule has 19 heavy (non-hydrogen) atoms. The molecule has 0 radical (unpaired) electrons. The van der Waals surface area contributed by atoms with Crippen LogP contribution in [0, 0.1) is 5.82 Å². The maximum Gasteiger partial charge on any atom is 0.123 e. The Morgan fingerprint density at radius 1 is 1.21 bits per heavy atom. The van der Waals surface area contributed by atoms with Crippen LogP contribution in [0.15, 0.2) is 41.8 Å². The Hall–Kier alpha value is -1.39. The molecule has 0 aliphatic heterocycles. The number of halogens is 1. The molecule has 0 fully saturated rings. The molecule has 0 saturated heterocycles. The summed E-state index contributed by atoms with van der Waals surface area (Å²) in [6.45, 7) is 6.05. The summed E-state index contributed by atoms with van der Waals surface area (Å²) in [7, 11) is 0. The highest BCUT2D eigenvalue weighted by Crippen LogP contribution is 2.12. The van der Waals surface area contributed by atoms with E-state index in [9.17, 15) is 4.39 Å². The lowest BCUT2D eigenvalue weighted by molar-refractivity contribution is 0.294. The van der Waals surface area contributed by atoms with Crippen molar-refractivity contribution in [2.75, 3.05) is 25.0 Å². The van der Waals surface area contributed by atoms with Gasteiger partial charge in [-0.3, -0.25) is 4.90 Å². The van der Waals surface area contributed by atoms with Gasteiger partial charge in [-0.1, -0.05) is 13.0 Å². The fourth-order valence-corrected chi connectivity index (χ4v) is 2.64. The molecular weight excluding hydrogens is 259 g/mol. The summed E-state index contributed by atoms with van der Waals surface area (Å²) in [4.78, 5) is 3.78. The number of hydrogen-bond acceptors (Lipinski definition) is 3. The number of anilines is 1. The highest BCUT2D eigenvalue weighted by atomic mass is 32.1. The Kier molecular flexibility index (Phi) is 5.36. The van der Waals surface area contributed by atoms with Crippen molar-refractivity contribution in [1.82, 2.24) is 4.90 Å². The highest BCUT2D eigenvalue weighted by Gasteiger charge is 2.04. The maximum atomic E-state index is 12.8. The first-order valence-corrected chi connectivity index (χ1v) is 7.40. The van der Waals surface area contributed by atoms with Gasteiger partial charge in [0.05, 0.1) is 0 Å². The van der Waals surface area contributed by atoms with Gasteiger partial charge in [0, 0.05) is 30.2 Å². The van der Waals surface area contributed by atoms with E-state index >= 15 is 0 Å². The number of thiophene rings is 1. The number of hydrogen-bond donors (Lipinski definition) is 1. The van der Waals surface area contributed by atoms with Gasteiger partial charge in [0.25, 0.3) is 0 Å². The number of nitrogens with zero attached hydrogens (tertiary/aromatic N) is 1. The van der Waals surface area contributed by atoms with Crippen LogP contribution in [0.3, 0.4) is 0 Å². The van der Waals surface area contributed by atoms with Crippen molar-refractivity contribution in [2.45, 2.75) is 13.5 Å². The van der Waals surface area contributed by atoms with Crippen LogP contribution in [0.4, 0.5) is 10.1 Å². The smallest absolute Gasteiger partial charge is 0.123 e. The number of benzene rings is 1. The quantitative estimate of drug-likeness (QED) is 0.828. The van der Waals surface area contributed by atoms with Crippen LogP contribution < -0.4 is 5.32 Å². The standard InChI is InChI=1S/C15H19FN2S/c1-2-18(12-15-4-3-11-19-15)10-9-17-14-7-5-13(16)6-8-14/h3-8,11,17H,2,9-10,12H2,1H3. The third-order valence-corrected chi connectivity index (χ3v) is 3.87. The van der Waals surface area contributed by atoms with Gasteiger partial charge >= 0.3 is 0 Å². The second-order valence-corrected chi connectivity index (χ2v) is 5.41. The van der Waals surface area contributed by atoms with Crippen molar-refractivity contribution in [3.63, 3.8) is 0 Å². The molecule has 2 rings (SSSR count). The lowest BCUT2D eigenvalue weighted by Crippen LogP contribution is -2.28. The first kappa shape index (κ1) is 14.0. The summed E-state index contributed by atoms with van der Waals surface area (Å²) in [5.41, 5.74) is 0.966. The molecule has 0 unspecified atom stereocenters. The maximum absolute atomic E-state index is 12.8. The Bertz CT molecular complexity index is 467. The van der Waals surface area contributed by atoms with Crippen molar-refractivity contribution in [2.24, 2.45) is 0 Å². The van der Waals surface area contributed by atoms with Crippen LogP contribution in [-0.4, -0.2) is 24.5 Å².